The summed E-state index contributed by atoms with van der Waals surface area (Å²) in [5.41, 5.74) is 0.0230. The molecule has 4 heteroatoms. The first-order chi connectivity index (χ1) is 9.61. The van der Waals surface area contributed by atoms with Crippen molar-refractivity contribution in [3.05, 3.63) is 0 Å². The minimum atomic E-state index is 0.0230. The lowest BCUT2D eigenvalue weighted by Crippen LogP contribution is -2.54. The number of hydrogen-bond donors (Lipinski definition) is 1. The van der Waals surface area contributed by atoms with Crippen molar-refractivity contribution in [2.45, 2.75) is 64.3 Å². The first-order valence-corrected chi connectivity index (χ1v) is 8.17. The molecule has 2 atom stereocenters. The van der Waals surface area contributed by atoms with Crippen molar-refractivity contribution in [2.24, 2.45) is 11.3 Å². The smallest absolute Gasteiger partial charge is 0.229 e. The van der Waals surface area contributed by atoms with Gasteiger partial charge in [-0.25, -0.2) is 0 Å². The highest BCUT2D eigenvalue weighted by atomic mass is 16.2. The van der Waals surface area contributed by atoms with Gasteiger partial charge in [-0.3, -0.25) is 14.5 Å². The van der Waals surface area contributed by atoms with E-state index in [9.17, 15) is 9.59 Å². The van der Waals surface area contributed by atoms with Crippen LogP contribution in [0.4, 0.5) is 0 Å². The molecule has 2 saturated heterocycles. The van der Waals surface area contributed by atoms with E-state index in [1.165, 1.54) is 12.8 Å². The standard InChI is InChI=1S/C16H26N2O2/c1-12(13-5-4-8-17-11-13)18-14(19)9-16(10-15(18)20)6-2-3-7-16/h12-13,17H,2-11H2,1H3. The Labute approximate surface area is 121 Å². The van der Waals surface area contributed by atoms with Crippen LogP contribution in [0.25, 0.3) is 0 Å². The van der Waals surface area contributed by atoms with Crippen molar-refractivity contribution >= 4 is 11.8 Å². The summed E-state index contributed by atoms with van der Waals surface area (Å²) in [7, 11) is 0. The van der Waals surface area contributed by atoms with Crippen molar-refractivity contribution in [2.75, 3.05) is 13.1 Å². The number of hydrogen-bond acceptors (Lipinski definition) is 3. The molecule has 1 saturated carbocycles. The van der Waals surface area contributed by atoms with Gasteiger partial charge in [-0.05, 0) is 57.0 Å². The molecule has 0 aromatic rings. The summed E-state index contributed by atoms with van der Waals surface area (Å²) < 4.78 is 0. The van der Waals surface area contributed by atoms with Crippen molar-refractivity contribution in [3.8, 4) is 0 Å². The number of rotatable bonds is 2. The predicted molar refractivity (Wildman–Crippen MR) is 77.0 cm³/mol. The molecule has 0 radical (unpaired) electrons. The van der Waals surface area contributed by atoms with Gasteiger partial charge in [-0.15, -0.1) is 0 Å². The number of nitrogens with one attached hydrogen (secondary N) is 1. The molecule has 2 aliphatic heterocycles. The van der Waals surface area contributed by atoms with Crippen LogP contribution < -0.4 is 5.32 Å². The van der Waals surface area contributed by atoms with Gasteiger partial charge in [0.05, 0.1) is 0 Å². The quantitative estimate of drug-likeness (QED) is 0.787. The Balaban J connectivity index is 1.70. The molecule has 3 fully saturated rings. The van der Waals surface area contributed by atoms with Crippen LogP contribution in [0.5, 0.6) is 0 Å². The molecule has 2 amide bonds. The van der Waals surface area contributed by atoms with E-state index in [0.717, 1.165) is 38.8 Å². The molecule has 4 nitrogen and oxygen atoms in total. The molecule has 1 spiro atoms. The number of imide groups is 1. The third kappa shape index (κ3) is 2.50. The average molecular weight is 278 g/mol. The van der Waals surface area contributed by atoms with E-state index in [1.807, 2.05) is 0 Å². The van der Waals surface area contributed by atoms with Crippen LogP contribution in [0.2, 0.25) is 0 Å². The molecule has 3 rings (SSSR count). The summed E-state index contributed by atoms with van der Waals surface area (Å²) >= 11 is 0. The second-order valence-corrected chi connectivity index (χ2v) is 7.07. The first-order valence-electron chi connectivity index (χ1n) is 8.17. The van der Waals surface area contributed by atoms with Gasteiger partial charge < -0.3 is 5.32 Å². The van der Waals surface area contributed by atoms with E-state index in [2.05, 4.69) is 12.2 Å². The SMILES string of the molecule is CC(C1CCCNC1)N1C(=O)CC2(CCCC2)CC1=O. The fraction of sp³-hybridized carbons (Fsp3) is 0.875. The van der Waals surface area contributed by atoms with Crippen LogP contribution in [0.15, 0.2) is 0 Å². The zero-order valence-electron chi connectivity index (χ0n) is 12.5. The molecule has 112 valence electrons. The highest BCUT2D eigenvalue weighted by Crippen LogP contribution is 2.47. The minimum absolute atomic E-state index is 0.0230. The second kappa shape index (κ2) is 5.47. The molecule has 0 bridgehead atoms. The minimum Gasteiger partial charge on any atom is -0.316 e. The zero-order valence-corrected chi connectivity index (χ0v) is 12.5. The lowest BCUT2D eigenvalue weighted by Gasteiger charge is -2.42. The lowest BCUT2D eigenvalue weighted by molar-refractivity contribution is -0.157. The van der Waals surface area contributed by atoms with Crippen molar-refractivity contribution < 1.29 is 9.59 Å². The molecule has 20 heavy (non-hydrogen) atoms. The Morgan fingerprint density at radius 2 is 1.80 bits per heavy atom. The zero-order chi connectivity index (χ0) is 14.2. The van der Waals surface area contributed by atoms with Gasteiger partial charge in [-0.2, -0.15) is 0 Å². The lowest BCUT2D eigenvalue weighted by atomic mass is 9.75. The van der Waals surface area contributed by atoms with E-state index in [0.29, 0.717) is 18.8 Å². The van der Waals surface area contributed by atoms with Gasteiger partial charge in [0, 0.05) is 18.9 Å². The van der Waals surface area contributed by atoms with E-state index in [1.54, 1.807) is 4.90 Å². The largest absolute Gasteiger partial charge is 0.316 e. The van der Waals surface area contributed by atoms with Crippen molar-refractivity contribution in [1.29, 1.82) is 0 Å². The number of nitrogens with zero attached hydrogens (tertiary/aromatic N) is 1. The Morgan fingerprint density at radius 3 is 2.35 bits per heavy atom. The Hall–Kier alpha value is -0.900. The number of carbonyl (C=O) groups excluding carboxylic acids is 2. The van der Waals surface area contributed by atoms with Gasteiger partial charge in [0.25, 0.3) is 0 Å². The van der Waals surface area contributed by atoms with Gasteiger partial charge in [0.2, 0.25) is 11.8 Å². The second-order valence-electron chi connectivity index (χ2n) is 7.07. The summed E-state index contributed by atoms with van der Waals surface area (Å²) in [4.78, 5) is 26.7. The average Bonchev–Trinajstić information content (AvgIpc) is 2.86. The number of amides is 2. The van der Waals surface area contributed by atoms with Gasteiger partial charge >= 0.3 is 0 Å². The van der Waals surface area contributed by atoms with Gasteiger partial charge in [0.1, 0.15) is 0 Å². The predicted octanol–water partition coefficient (Wildman–Crippen LogP) is 2.08. The topological polar surface area (TPSA) is 49.4 Å². The first kappa shape index (κ1) is 14.1. The van der Waals surface area contributed by atoms with Gasteiger partial charge in [0.15, 0.2) is 0 Å². The number of carbonyl (C=O) groups is 2. The molecule has 2 heterocycles. The van der Waals surface area contributed by atoms with Crippen LogP contribution in [0, 0.1) is 11.3 Å². The molecule has 0 aromatic carbocycles. The summed E-state index contributed by atoms with van der Waals surface area (Å²) in [6, 6.07) is 0.0570. The van der Waals surface area contributed by atoms with Crippen LogP contribution in [0.1, 0.15) is 58.3 Å². The van der Waals surface area contributed by atoms with Crippen LogP contribution in [0.3, 0.4) is 0 Å². The Kier molecular flexibility index (Phi) is 3.85. The maximum absolute atomic E-state index is 12.5. The molecule has 1 aliphatic carbocycles. The van der Waals surface area contributed by atoms with Crippen LogP contribution in [-0.2, 0) is 9.59 Å². The molecular formula is C16H26N2O2. The maximum atomic E-state index is 12.5. The number of piperidine rings is 2. The normalized spacial score (nSPS) is 31.9. The fourth-order valence-corrected chi connectivity index (χ4v) is 4.45. The van der Waals surface area contributed by atoms with Crippen LogP contribution in [-0.4, -0.2) is 35.8 Å². The molecular weight excluding hydrogens is 252 g/mol. The Morgan fingerprint density at radius 1 is 1.15 bits per heavy atom. The van der Waals surface area contributed by atoms with E-state index >= 15 is 0 Å². The molecule has 2 unspecified atom stereocenters. The molecule has 1 N–H and O–H groups in total. The monoisotopic (exact) mass is 278 g/mol. The molecule has 0 aromatic heterocycles. The number of likely N-dealkylation sites (tertiary alicyclic amines) is 1. The highest BCUT2D eigenvalue weighted by Gasteiger charge is 2.47. The van der Waals surface area contributed by atoms with Crippen molar-refractivity contribution in [3.63, 3.8) is 0 Å². The van der Waals surface area contributed by atoms with E-state index in [4.69, 9.17) is 0 Å². The summed E-state index contributed by atoms with van der Waals surface area (Å²) in [6.07, 6.45) is 7.97. The molecule has 3 aliphatic rings. The summed E-state index contributed by atoms with van der Waals surface area (Å²) in [5, 5.41) is 3.38. The van der Waals surface area contributed by atoms with Crippen molar-refractivity contribution in [1.82, 2.24) is 10.2 Å². The summed E-state index contributed by atoms with van der Waals surface area (Å²) in [5.74, 6) is 0.594. The maximum Gasteiger partial charge on any atom is 0.229 e. The Bertz CT molecular complexity index is 375. The van der Waals surface area contributed by atoms with E-state index in [-0.39, 0.29) is 23.3 Å². The van der Waals surface area contributed by atoms with Crippen LogP contribution >= 0.6 is 0 Å². The highest BCUT2D eigenvalue weighted by molar-refractivity contribution is 5.99. The van der Waals surface area contributed by atoms with E-state index < -0.39 is 0 Å². The van der Waals surface area contributed by atoms with Gasteiger partial charge in [-0.1, -0.05) is 12.8 Å². The fourth-order valence-electron chi connectivity index (χ4n) is 4.45. The third-order valence-electron chi connectivity index (χ3n) is 5.68. The summed E-state index contributed by atoms with van der Waals surface area (Å²) in [6.45, 7) is 4.05. The third-order valence-corrected chi connectivity index (χ3v) is 5.68.